The summed E-state index contributed by atoms with van der Waals surface area (Å²) < 4.78 is 34.5. The molecule has 0 unspecified atom stereocenters. The quantitative estimate of drug-likeness (QED) is 0.0360. The van der Waals surface area contributed by atoms with Crippen molar-refractivity contribution in [3.63, 3.8) is 0 Å². The first-order chi connectivity index (χ1) is 30.2. The molecule has 4 rings (SSSR count). The number of benzene rings is 4. The highest BCUT2D eigenvalue weighted by Gasteiger charge is 2.21. The monoisotopic (exact) mass is 862 g/mol. The van der Waals surface area contributed by atoms with E-state index in [1.807, 2.05) is 92.7 Å². The summed E-state index contributed by atoms with van der Waals surface area (Å²) in [6, 6.07) is 30.7. The van der Waals surface area contributed by atoms with E-state index in [4.69, 9.17) is 33.2 Å². The molecule has 13 heteroatoms. The van der Waals surface area contributed by atoms with Gasteiger partial charge in [-0.1, -0.05) is 126 Å². The molecule has 332 valence electrons. The van der Waals surface area contributed by atoms with E-state index in [2.05, 4.69) is 45.5 Å². The van der Waals surface area contributed by atoms with Gasteiger partial charge in [-0.2, -0.15) is 0 Å². The zero-order valence-corrected chi connectivity index (χ0v) is 35.7. The van der Waals surface area contributed by atoms with E-state index in [1.165, 1.54) is 11.5 Å². The Labute approximate surface area is 368 Å². The molecule has 0 saturated heterocycles. The minimum Gasteiger partial charge on any atom is -0.490 e. The number of hydrogen-bond acceptors (Lipinski definition) is 13. The lowest BCUT2D eigenvalue weighted by Gasteiger charge is -2.22. The fourth-order valence-electron chi connectivity index (χ4n) is 4.35. The van der Waals surface area contributed by atoms with E-state index in [1.54, 1.807) is 12.1 Å². The van der Waals surface area contributed by atoms with Crippen LogP contribution in [-0.4, -0.2) is 62.2 Å². The molecule has 0 aromatic heterocycles. The van der Waals surface area contributed by atoms with E-state index in [0.717, 1.165) is 58.2 Å². The average Bonchev–Trinajstić information content (AvgIpc) is 3.32. The molecular weight excluding hydrogens is 809 g/mol. The summed E-state index contributed by atoms with van der Waals surface area (Å²) >= 11 is 0. The topological polar surface area (TPSA) is 167 Å². The first kappa shape index (κ1) is 53.2. The van der Waals surface area contributed by atoms with Gasteiger partial charge in [0.1, 0.15) is 38.8 Å². The highest BCUT2D eigenvalue weighted by Crippen LogP contribution is 2.17. The third-order valence-corrected chi connectivity index (χ3v) is 7.50. The number of carbonyl (C=O) groups excluding carboxylic acids is 6. The van der Waals surface area contributed by atoms with Gasteiger partial charge in [0.05, 0.1) is 13.2 Å². The fraction of sp³-hybridized carbons (Fsp3) is 0.200. The van der Waals surface area contributed by atoms with Gasteiger partial charge in [-0.25, -0.2) is 28.8 Å². The summed E-state index contributed by atoms with van der Waals surface area (Å²) in [6.45, 7) is 25.0. The second-order valence-electron chi connectivity index (χ2n) is 13.3. The van der Waals surface area contributed by atoms with Gasteiger partial charge in [0, 0.05) is 41.9 Å². The molecule has 0 atom stereocenters. The molecule has 0 heterocycles. The summed E-state index contributed by atoms with van der Waals surface area (Å²) in [7, 11) is 0. The van der Waals surface area contributed by atoms with Crippen molar-refractivity contribution in [1.82, 2.24) is 0 Å². The predicted octanol–water partition coefficient (Wildman–Crippen LogP) is 8.48. The lowest BCUT2D eigenvalue weighted by Crippen LogP contribution is -2.27. The molecule has 0 amide bonds. The zero-order valence-electron chi connectivity index (χ0n) is 35.7. The van der Waals surface area contributed by atoms with Crippen molar-refractivity contribution >= 4 is 46.6 Å². The van der Waals surface area contributed by atoms with Crippen LogP contribution in [0, 0.1) is 5.41 Å². The van der Waals surface area contributed by atoms with Crippen LogP contribution in [0.25, 0.3) is 10.8 Å². The maximum atomic E-state index is 10.9. The molecule has 63 heavy (non-hydrogen) atoms. The molecule has 0 N–H and O–H groups in total. The largest absolute Gasteiger partial charge is 0.490 e. The highest BCUT2D eigenvalue weighted by molar-refractivity contribution is 5.84. The summed E-state index contributed by atoms with van der Waals surface area (Å²) in [5, 5.41) is 2.33. The molecule has 0 bridgehead atoms. The van der Waals surface area contributed by atoms with Gasteiger partial charge in [0.25, 0.3) is 0 Å². The number of rotatable bonds is 20. The zero-order chi connectivity index (χ0) is 46.9. The Morgan fingerprint density at radius 3 is 1.29 bits per heavy atom. The Hall–Kier alpha value is -7.80. The predicted molar refractivity (Wildman–Crippen MR) is 240 cm³/mol. The molecular formula is C50H54O13. The summed E-state index contributed by atoms with van der Waals surface area (Å²) in [5.41, 5.74) is 2.20. The first-order valence-electron chi connectivity index (χ1n) is 19.2. The van der Waals surface area contributed by atoms with E-state index in [9.17, 15) is 28.8 Å². The normalized spacial score (nSPS) is 9.68. The van der Waals surface area contributed by atoms with E-state index >= 15 is 0 Å². The average molecular weight is 863 g/mol. The molecule has 0 aliphatic rings. The van der Waals surface area contributed by atoms with Crippen molar-refractivity contribution in [2.45, 2.75) is 33.7 Å². The molecule has 0 saturated carbocycles. The lowest BCUT2D eigenvalue weighted by molar-refractivity contribution is -0.146. The van der Waals surface area contributed by atoms with Crippen LogP contribution in [0.2, 0.25) is 0 Å². The molecule has 0 aliphatic carbocycles. The van der Waals surface area contributed by atoms with Crippen LogP contribution >= 0.6 is 0 Å². The Bertz CT molecular complexity index is 2090. The van der Waals surface area contributed by atoms with E-state index in [-0.39, 0.29) is 39.6 Å². The van der Waals surface area contributed by atoms with E-state index < -0.39 is 41.2 Å². The Balaban J connectivity index is 0.000000422. The Morgan fingerprint density at radius 2 is 0.825 bits per heavy atom. The first-order valence-corrected chi connectivity index (χ1v) is 19.2. The number of carbonyl (C=O) groups is 6. The third kappa shape index (κ3) is 25.4. The molecule has 0 spiro atoms. The second-order valence-corrected chi connectivity index (χ2v) is 13.3. The van der Waals surface area contributed by atoms with E-state index in [0.29, 0.717) is 6.61 Å². The van der Waals surface area contributed by atoms with Crippen LogP contribution in [-0.2, 0) is 77.0 Å². The van der Waals surface area contributed by atoms with Crippen LogP contribution in [0.15, 0.2) is 173 Å². The number of esters is 6. The van der Waals surface area contributed by atoms with Gasteiger partial charge in [-0.3, -0.25) is 0 Å². The standard InChI is InChI=1S/C14H14O4.C14H12O2.C11H16O4.C11H12O3/c1-3-13(15)17-9-11-6-5-7-12(8-11)10-18-14(16)4-2;1-2-14(15)16-10-11-7-8-12-5-3-4-6-13(12)9-11;1-5-9(12)14-7-11(3,4)8-15-10(13)6-2;1-2-11(12)14-9-8-13-10-6-4-3-5-7-10/h3-8H,1-2,9-10H2;2-9H,1,10H2;5-6H,1-2,7-8H2,3-4H3;2-7H,1,8-9H2. The molecule has 13 nitrogen and oxygen atoms in total. The van der Waals surface area contributed by atoms with Gasteiger partial charge < -0.3 is 33.2 Å². The maximum Gasteiger partial charge on any atom is 0.330 e. The molecule has 0 radical (unpaired) electrons. The number of para-hydroxylation sites is 1. The highest BCUT2D eigenvalue weighted by atomic mass is 16.6. The van der Waals surface area contributed by atoms with Crippen molar-refractivity contribution < 1.29 is 61.9 Å². The summed E-state index contributed by atoms with van der Waals surface area (Å²) in [4.78, 5) is 64.9. The minimum atomic E-state index is -0.488. The number of fused-ring (bicyclic) bond motifs is 1. The van der Waals surface area contributed by atoms with Crippen LogP contribution < -0.4 is 4.74 Å². The van der Waals surface area contributed by atoms with Crippen molar-refractivity contribution in [2.24, 2.45) is 5.41 Å². The maximum absolute atomic E-state index is 10.9. The van der Waals surface area contributed by atoms with Crippen molar-refractivity contribution in [2.75, 3.05) is 26.4 Å². The van der Waals surface area contributed by atoms with Gasteiger partial charge in [-0.05, 0) is 51.7 Å². The van der Waals surface area contributed by atoms with Crippen LogP contribution in [0.5, 0.6) is 5.75 Å². The molecule has 4 aromatic rings. The molecule has 0 aliphatic heterocycles. The van der Waals surface area contributed by atoms with Crippen molar-refractivity contribution in [1.29, 1.82) is 0 Å². The number of ether oxygens (including phenoxy) is 7. The van der Waals surface area contributed by atoms with Gasteiger partial charge in [-0.15, -0.1) is 0 Å². The van der Waals surface area contributed by atoms with Crippen LogP contribution in [0.3, 0.4) is 0 Å². The van der Waals surface area contributed by atoms with Gasteiger partial charge in [0.15, 0.2) is 0 Å². The fourth-order valence-corrected chi connectivity index (χ4v) is 4.35. The SMILES string of the molecule is C=CC(=O)OCC(C)(C)COC(=O)C=C.C=CC(=O)OCCOc1ccccc1.C=CC(=O)OCc1ccc2ccccc2c1.C=CC(=O)OCc1cccc(COC(=O)C=C)c1. The van der Waals surface area contributed by atoms with Crippen molar-refractivity contribution in [3.8, 4) is 5.75 Å². The summed E-state index contributed by atoms with van der Waals surface area (Å²) in [5.74, 6) is -1.98. The van der Waals surface area contributed by atoms with Crippen molar-refractivity contribution in [3.05, 3.63) is 190 Å². The van der Waals surface area contributed by atoms with Gasteiger partial charge >= 0.3 is 35.8 Å². The number of hydrogen-bond donors (Lipinski definition) is 0. The minimum absolute atomic E-state index is 0.161. The van der Waals surface area contributed by atoms with Gasteiger partial charge in [0.2, 0.25) is 0 Å². The Kier molecular flexibility index (Phi) is 26.3. The summed E-state index contributed by atoms with van der Waals surface area (Å²) in [6.07, 6.45) is 6.69. The Morgan fingerprint density at radius 1 is 0.429 bits per heavy atom. The molecule has 4 aromatic carbocycles. The smallest absolute Gasteiger partial charge is 0.330 e. The van der Waals surface area contributed by atoms with Crippen LogP contribution in [0.4, 0.5) is 0 Å². The molecule has 0 fully saturated rings. The third-order valence-electron chi connectivity index (χ3n) is 7.50. The van der Waals surface area contributed by atoms with Crippen LogP contribution in [0.1, 0.15) is 30.5 Å². The lowest BCUT2D eigenvalue weighted by atomic mass is 9.96. The second kappa shape index (κ2) is 31.1.